The molecule has 0 aromatic rings. The standard InChI is InChI=1S/C9H24N3OP/c1-8-9-13-14(10(2)3,11(4)5)12(6)7/h8,14H,1,9H2,2-7H3. The molecular weight excluding hydrogens is 197 g/mol. The molecule has 0 amide bonds. The normalized spacial score (nSPS) is 14.1. The Morgan fingerprint density at radius 1 is 1.00 bits per heavy atom. The van der Waals surface area contributed by atoms with E-state index in [0.29, 0.717) is 6.61 Å². The molecule has 0 aromatic heterocycles. The van der Waals surface area contributed by atoms with Gasteiger partial charge in [-0.05, 0) is 0 Å². The van der Waals surface area contributed by atoms with Crippen LogP contribution in [0.25, 0.3) is 0 Å². The van der Waals surface area contributed by atoms with Gasteiger partial charge in [0.15, 0.2) is 0 Å². The van der Waals surface area contributed by atoms with E-state index in [-0.39, 0.29) is 0 Å². The summed E-state index contributed by atoms with van der Waals surface area (Å²) in [5.74, 6) is 0. The Bertz CT molecular complexity index is 161. The second kappa shape index (κ2) is 5.79. The number of hydrogen-bond donors (Lipinski definition) is 0. The molecule has 86 valence electrons. The molecule has 0 aliphatic heterocycles. The molecule has 14 heavy (non-hydrogen) atoms. The number of rotatable bonds is 6. The average molecular weight is 221 g/mol. The Hall–Kier alpha value is 0.0100. The Kier molecular flexibility index (Phi) is 5.79. The van der Waals surface area contributed by atoms with Crippen LogP contribution in [0.15, 0.2) is 12.7 Å². The molecule has 5 heteroatoms. The zero-order chi connectivity index (χ0) is 11.4. The minimum atomic E-state index is -2.12. The third-order valence-electron chi connectivity index (χ3n) is 2.14. The maximum absolute atomic E-state index is 5.96. The van der Waals surface area contributed by atoms with E-state index in [1.165, 1.54) is 0 Å². The summed E-state index contributed by atoms with van der Waals surface area (Å²) in [6.07, 6.45) is 1.79. The maximum atomic E-state index is 5.96. The molecule has 0 aliphatic carbocycles. The molecule has 4 nitrogen and oxygen atoms in total. The fraction of sp³-hybridized carbons (Fsp3) is 0.778. The van der Waals surface area contributed by atoms with Crippen molar-refractivity contribution in [3.8, 4) is 0 Å². The summed E-state index contributed by atoms with van der Waals surface area (Å²) in [7, 11) is 10.2. The first-order valence-electron chi connectivity index (χ1n) is 4.66. The van der Waals surface area contributed by atoms with Crippen molar-refractivity contribution in [2.24, 2.45) is 0 Å². The molecular formula is C9H24N3OP. The third kappa shape index (κ3) is 2.75. The van der Waals surface area contributed by atoms with Crippen LogP contribution >= 0.6 is 7.94 Å². The van der Waals surface area contributed by atoms with Crippen LogP contribution in [0, 0.1) is 0 Å². The van der Waals surface area contributed by atoms with Crippen LogP contribution in [-0.4, -0.2) is 62.9 Å². The van der Waals surface area contributed by atoms with Crippen molar-refractivity contribution in [1.29, 1.82) is 0 Å². The van der Waals surface area contributed by atoms with E-state index in [4.69, 9.17) is 4.52 Å². The average Bonchev–Trinajstić information content (AvgIpc) is 2.03. The van der Waals surface area contributed by atoms with E-state index in [9.17, 15) is 0 Å². The molecule has 0 saturated heterocycles. The molecule has 0 spiro atoms. The molecule has 0 saturated carbocycles. The summed E-state index contributed by atoms with van der Waals surface area (Å²) in [6, 6.07) is 0. The zero-order valence-electron chi connectivity index (χ0n) is 10.2. The summed E-state index contributed by atoms with van der Waals surface area (Å²) in [5.41, 5.74) is 0. The summed E-state index contributed by atoms with van der Waals surface area (Å²) in [4.78, 5) is 0. The van der Waals surface area contributed by atoms with Gasteiger partial charge in [0.2, 0.25) is 0 Å². The van der Waals surface area contributed by atoms with Crippen LogP contribution in [0.2, 0.25) is 0 Å². The van der Waals surface area contributed by atoms with Crippen molar-refractivity contribution in [3.63, 3.8) is 0 Å². The molecule has 0 heterocycles. The molecule has 0 atom stereocenters. The summed E-state index contributed by atoms with van der Waals surface area (Å²) >= 11 is 0. The van der Waals surface area contributed by atoms with Gasteiger partial charge < -0.3 is 0 Å². The predicted octanol–water partition coefficient (Wildman–Crippen LogP) is 1.28. The van der Waals surface area contributed by atoms with Crippen molar-refractivity contribution in [2.45, 2.75) is 0 Å². The van der Waals surface area contributed by atoms with Gasteiger partial charge in [0.25, 0.3) is 0 Å². The summed E-state index contributed by atoms with van der Waals surface area (Å²) in [5, 5.41) is 0. The van der Waals surface area contributed by atoms with Crippen molar-refractivity contribution < 1.29 is 4.52 Å². The molecule has 0 fully saturated rings. The van der Waals surface area contributed by atoms with Crippen molar-refractivity contribution in [3.05, 3.63) is 12.7 Å². The zero-order valence-corrected chi connectivity index (χ0v) is 11.2. The molecule has 0 unspecified atom stereocenters. The van der Waals surface area contributed by atoms with Gasteiger partial charge in [0.05, 0.1) is 0 Å². The molecule has 0 radical (unpaired) electrons. The fourth-order valence-corrected chi connectivity index (χ4v) is 5.27. The number of hydrogen-bond acceptors (Lipinski definition) is 4. The Balaban J connectivity index is 4.84. The monoisotopic (exact) mass is 221 g/mol. The van der Waals surface area contributed by atoms with Crippen LogP contribution in [0.3, 0.4) is 0 Å². The van der Waals surface area contributed by atoms with Crippen molar-refractivity contribution in [1.82, 2.24) is 14.0 Å². The van der Waals surface area contributed by atoms with E-state index in [2.05, 4.69) is 62.9 Å². The second-order valence-corrected chi connectivity index (χ2v) is 7.98. The van der Waals surface area contributed by atoms with E-state index < -0.39 is 7.94 Å². The summed E-state index contributed by atoms with van der Waals surface area (Å²) in [6.45, 7) is 4.27. The van der Waals surface area contributed by atoms with Gasteiger partial charge in [-0.3, -0.25) is 0 Å². The first kappa shape index (κ1) is 14.0. The Morgan fingerprint density at radius 2 is 1.36 bits per heavy atom. The van der Waals surface area contributed by atoms with Crippen LogP contribution < -0.4 is 0 Å². The van der Waals surface area contributed by atoms with Crippen LogP contribution in [-0.2, 0) is 4.52 Å². The minimum absolute atomic E-state index is 0.584. The first-order chi connectivity index (χ1) is 6.39. The molecule has 0 rings (SSSR count). The van der Waals surface area contributed by atoms with Gasteiger partial charge in [0.1, 0.15) is 0 Å². The fourth-order valence-electron chi connectivity index (χ4n) is 1.76. The number of nitrogens with zero attached hydrogens (tertiary/aromatic N) is 3. The van der Waals surface area contributed by atoms with Crippen LogP contribution in [0.4, 0.5) is 0 Å². The predicted molar refractivity (Wildman–Crippen MR) is 65.5 cm³/mol. The third-order valence-corrected chi connectivity index (χ3v) is 6.19. The van der Waals surface area contributed by atoms with Gasteiger partial charge in [-0.2, -0.15) is 0 Å². The van der Waals surface area contributed by atoms with Crippen molar-refractivity contribution in [2.75, 3.05) is 48.9 Å². The van der Waals surface area contributed by atoms with Gasteiger partial charge in [-0.25, -0.2) is 0 Å². The molecule has 0 bridgehead atoms. The summed E-state index contributed by atoms with van der Waals surface area (Å²) < 4.78 is 12.5. The quantitative estimate of drug-likeness (QED) is 0.497. The second-order valence-electron chi connectivity index (χ2n) is 3.86. The van der Waals surface area contributed by atoms with Crippen LogP contribution in [0.5, 0.6) is 0 Å². The SMILES string of the molecule is C=CCO[PH](N(C)C)(N(C)C)N(C)C. The van der Waals surface area contributed by atoms with Crippen molar-refractivity contribution >= 4 is 7.94 Å². The first-order valence-corrected chi connectivity index (χ1v) is 6.41. The Morgan fingerprint density at radius 3 is 1.57 bits per heavy atom. The van der Waals surface area contributed by atoms with E-state index in [1.54, 1.807) is 6.08 Å². The van der Waals surface area contributed by atoms with Crippen LogP contribution in [0.1, 0.15) is 0 Å². The molecule has 0 aliphatic rings. The van der Waals surface area contributed by atoms with E-state index >= 15 is 0 Å². The van der Waals surface area contributed by atoms with E-state index in [0.717, 1.165) is 0 Å². The Labute approximate surface area is 88.7 Å². The van der Waals surface area contributed by atoms with Gasteiger partial charge in [-0.1, -0.05) is 0 Å². The topological polar surface area (TPSA) is 19.0 Å². The van der Waals surface area contributed by atoms with Gasteiger partial charge >= 0.3 is 88.0 Å². The van der Waals surface area contributed by atoms with Gasteiger partial charge in [-0.15, -0.1) is 0 Å². The van der Waals surface area contributed by atoms with E-state index in [1.807, 2.05) is 0 Å². The van der Waals surface area contributed by atoms with Gasteiger partial charge in [0, 0.05) is 0 Å². The molecule has 0 N–H and O–H groups in total. The molecule has 0 aromatic carbocycles.